The molecule has 1 unspecified atom stereocenters. The number of aromatic amines is 1. The van der Waals surface area contributed by atoms with Crippen molar-refractivity contribution in [2.75, 3.05) is 36.4 Å². The molecule has 0 bridgehead atoms. The Morgan fingerprint density at radius 3 is 2.27 bits per heavy atom. The van der Waals surface area contributed by atoms with E-state index in [1.54, 1.807) is 42.6 Å². The molecule has 2 aliphatic heterocycles. The summed E-state index contributed by atoms with van der Waals surface area (Å²) < 4.78 is 60.5. The van der Waals surface area contributed by atoms with E-state index >= 15 is 4.39 Å². The zero-order valence-corrected chi connectivity index (χ0v) is 29.1. The number of rotatable bonds is 7. The van der Waals surface area contributed by atoms with E-state index in [0.717, 1.165) is 36.1 Å². The fourth-order valence-corrected chi connectivity index (χ4v) is 6.57. The second kappa shape index (κ2) is 14.0. The first-order valence-corrected chi connectivity index (χ1v) is 16.9. The first-order valence-electron chi connectivity index (χ1n) is 16.9. The van der Waals surface area contributed by atoms with Crippen molar-refractivity contribution in [3.8, 4) is 28.1 Å². The van der Waals surface area contributed by atoms with Gasteiger partial charge in [-0.25, -0.2) is 14.4 Å². The number of benzene rings is 2. The minimum absolute atomic E-state index is 0.0182. The van der Waals surface area contributed by atoms with E-state index in [1.165, 1.54) is 12.3 Å². The lowest BCUT2D eigenvalue weighted by atomic mass is 9.94. The summed E-state index contributed by atoms with van der Waals surface area (Å²) in [7, 11) is 0. The van der Waals surface area contributed by atoms with Crippen LogP contribution in [0.4, 0.5) is 29.1 Å². The average molecular weight is 708 g/mol. The molecule has 2 saturated heterocycles. The number of piperazine rings is 1. The maximum absolute atomic E-state index is 15.8. The van der Waals surface area contributed by atoms with Gasteiger partial charge < -0.3 is 30.2 Å². The average Bonchev–Trinajstić information content (AvgIpc) is 3.74. The van der Waals surface area contributed by atoms with Crippen LogP contribution >= 0.6 is 0 Å². The van der Waals surface area contributed by atoms with E-state index in [1.807, 2.05) is 37.5 Å². The van der Waals surface area contributed by atoms with Gasteiger partial charge in [-0.1, -0.05) is 52.0 Å². The topological polar surface area (TPSA) is 115 Å². The lowest BCUT2D eigenvalue weighted by Crippen LogP contribution is -2.56. The second-order valence-electron chi connectivity index (χ2n) is 14.3. The number of amides is 2. The lowest BCUT2D eigenvalue weighted by molar-refractivity contribution is -0.275. The Kier molecular flexibility index (Phi) is 9.82. The molecule has 4 heterocycles. The Balaban J connectivity index is 1.17. The Morgan fingerprint density at radius 2 is 1.67 bits per heavy atom. The number of carbonyl (C=O) groups excluding carboxylic acids is 2. The Labute approximate surface area is 293 Å². The van der Waals surface area contributed by atoms with E-state index in [0.29, 0.717) is 31.4 Å². The zero-order valence-electron chi connectivity index (χ0n) is 29.1. The van der Waals surface area contributed by atoms with Crippen LogP contribution < -0.4 is 20.3 Å². The first-order chi connectivity index (χ1) is 24.1. The van der Waals surface area contributed by atoms with Gasteiger partial charge in [-0.05, 0) is 61.2 Å². The number of hydrogen-bond donors (Lipinski definition) is 3. The molecule has 270 valence electrons. The van der Waals surface area contributed by atoms with Crippen molar-refractivity contribution in [2.45, 2.75) is 59.5 Å². The van der Waals surface area contributed by atoms with Crippen molar-refractivity contribution in [3.05, 3.63) is 78.1 Å². The maximum atomic E-state index is 15.8. The van der Waals surface area contributed by atoms with Gasteiger partial charge in [0.05, 0.1) is 35.4 Å². The number of hydrogen-bond acceptors (Lipinski definition) is 7. The minimum Gasteiger partial charge on any atom is -0.402 e. The van der Waals surface area contributed by atoms with E-state index < -0.39 is 34.8 Å². The van der Waals surface area contributed by atoms with Crippen LogP contribution in [-0.2, 0) is 4.79 Å². The summed E-state index contributed by atoms with van der Waals surface area (Å²) in [4.78, 5) is 42.0. The Morgan fingerprint density at radius 1 is 0.941 bits per heavy atom. The summed E-state index contributed by atoms with van der Waals surface area (Å²) in [6, 6.07) is 12.2. The van der Waals surface area contributed by atoms with Crippen LogP contribution in [0, 0.1) is 17.2 Å². The maximum Gasteiger partial charge on any atom is 0.573 e. The van der Waals surface area contributed by atoms with Crippen LogP contribution in [0.25, 0.3) is 22.4 Å². The van der Waals surface area contributed by atoms with Crippen LogP contribution in [0.1, 0.15) is 63.3 Å². The summed E-state index contributed by atoms with van der Waals surface area (Å²) in [5.41, 5.74) is 0.657. The van der Waals surface area contributed by atoms with E-state index in [2.05, 4.69) is 37.2 Å². The van der Waals surface area contributed by atoms with Crippen LogP contribution in [-0.4, -0.2) is 70.2 Å². The highest BCUT2D eigenvalue weighted by Gasteiger charge is 2.36. The van der Waals surface area contributed by atoms with Crippen molar-refractivity contribution in [1.82, 2.24) is 25.2 Å². The Bertz CT molecular complexity index is 1890. The van der Waals surface area contributed by atoms with Gasteiger partial charge in [0.15, 0.2) is 11.6 Å². The van der Waals surface area contributed by atoms with Gasteiger partial charge in [0.1, 0.15) is 11.6 Å². The predicted molar refractivity (Wildman–Crippen MR) is 186 cm³/mol. The molecule has 2 aromatic heterocycles. The molecule has 2 aromatic carbocycles. The molecule has 2 amide bonds. The van der Waals surface area contributed by atoms with Crippen LogP contribution in [0.5, 0.6) is 5.75 Å². The number of pyridine rings is 1. The molecule has 10 nitrogen and oxygen atoms in total. The van der Waals surface area contributed by atoms with Crippen LogP contribution in [0.3, 0.4) is 0 Å². The van der Waals surface area contributed by atoms with Gasteiger partial charge in [-0.2, -0.15) is 0 Å². The third-order valence-corrected chi connectivity index (χ3v) is 9.20. The smallest absolute Gasteiger partial charge is 0.402 e. The minimum atomic E-state index is -5.22. The summed E-state index contributed by atoms with van der Waals surface area (Å²) in [5.74, 6) is -1.50. The molecule has 14 heteroatoms. The standard InChI is InChI=1S/C37H41F4N7O3/c1-21-16-28(42-17-21)33-44-19-29(46-33)24-8-6-23(7-9-24)26-11-12-27(31(38)32(26)51-37(39,40)41)34(49)45-25-10-13-30(43-18-25)48-15-14-47(20-22(48)2)35(50)36(3,4)5/h6-13,18-19,21-22,28,42H,14-17,20H2,1-5H3,(H,44,46)(H,45,49)/t21-,22?,28-/m0/s1. The highest BCUT2D eigenvalue weighted by atomic mass is 19.4. The molecule has 3 atom stereocenters. The molecule has 51 heavy (non-hydrogen) atoms. The molecule has 0 saturated carbocycles. The van der Waals surface area contributed by atoms with Gasteiger partial charge in [-0.3, -0.25) is 9.59 Å². The van der Waals surface area contributed by atoms with E-state index in [4.69, 9.17) is 0 Å². The van der Waals surface area contributed by atoms with E-state index in [-0.39, 0.29) is 34.8 Å². The number of imidazole rings is 1. The fraction of sp³-hybridized carbons (Fsp3) is 0.405. The monoisotopic (exact) mass is 707 g/mol. The SMILES string of the molecule is CC1CN(C(=O)C(C)(C)C)CCN1c1ccc(NC(=O)c2ccc(-c3ccc(-c4cnc([C@@H]5C[C@H](C)CN5)[nH]4)cc3)c(OC(F)(F)F)c2F)cn1. The number of nitrogens with one attached hydrogen (secondary N) is 3. The highest BCUT2D eigenvalue weighted by molar-refractivity contribution is 6.05. The number of H-pyrrole nitrogens is 1. The quantitative estimate of drug-likeness (QED) is 0.174. The molecule has 0 radical (unpaired) electrons. The number of anilines is 2. The number of ether oxygens (including phenoxy) is 1. The Hall–Kier alpha value is -4.98. The van der Waals surface area contributed by atoms with Crippen LogP contribution in [0.15, 0.2) is 60.9 Å². The molecular weight excluding hydrogens is 666 g/mol. The van der Waals surface area contributed by atoms with Crippen molar-refractivity contribution in [1.29, 1.82) is 0 Å². The summed E-state index contributed by atoms with van der Waals surface area (Å²) in [5, 5.41) is 5.93. The number of aromatic nitrogens is 3. The van der Waals surface area contributed by atoms with Crippen molar-refractivity contribution < 1.29 is 31.9 Å². The van der Waals surface area contributed by atoms with Gasteiger partial charge >= 0.3 is 6.36 Å². The molecule has 3 N–H and O–H groups in total. The van der Waals surface area contributed by atoms with Gasteiger partial charge in [0.25, 0.3) is 5.91 Å². The fourth-order valence-electron chi connectivity index (χ4n) is 6.57. The number of nitrogens with zero attached hydrogens (tertiary/aromatic N) is 4. The third-order valence-electron chi connectivity index (χ3n) is 9.20. The molecule has 0 spiro atoms. The number of carbonyl (C=O) groups is 2. The molecule has 4 aromatic rings. The third kappa shape index (κ3) is 8.01. The van der Waals surface area contributed by atoms with Crippen LogP contribution in [0.2, 0.25) is 0 Å². The van der Waals surface area contributed by atoms with Gasteiger partial charge in [0, 0.05) is 36.7 Å². The van der Waals surface area contributed by atoms with Crippen molar-refractivity contribution >= 4 is 23.3 Å². The molecule has 0 aliphatic carbocycles. The summed E-state index contributed by atoms with van der Waals surface area (Å²) >= 11 is 0. The summed E-state index contributed by atoms with van der Waals surface area (Å²) in [6.07, 6.45) is -1.18. The number of alkyl halides is 3. The molecule has 6 rings (SSSR count). The number of halogens is 4. The summed E-state index contributed by atoms with van der Waals surface area (Å²) in [6.45, 7) is 12.3. The second-order valence-corrected chi connectivity index (χ2v) is 14.3. The van der Waals surface area contributed by atoms with Gasteiger partial charge in [-0.15, -0.1) is 13.2 Å². The lowest BCUT2D eigenvalue weighted by Gasteiger charge is -2.42. The van der Waals surface area contributed by atoms with Crippen molar-refractivity contribution in [3.63, 3.8) is 0 Å². The van der Waals surface area contributed by atoms with Crippen molar-refractivity contribution in [2.24, 2.45) is 11.3 Å². The molecular formula is C37H41F4N7O3. The van der Waals surface area contributed by atoms with E-state index in [9.17, 15) is 22.8 Å². The largest absolute Gasteiger partial charge is 0.573 e. The van der Waals surface area contributed by atoms with Gasteiger partial charge in [0.2, 0.25) is 5.91 Å². The normalized spacial score (nSPS) is 19.7. The highest BCUT2D eigenvalue weighted by Crippen LogP contribution is 2.39. The predicted octanol–water partition coefficient (Wildman–Crippen LogP) is 7.18. The first kappa shape index (κ1) is 35.8. The zero-order chi connectivity index (χ0) is 36.7. The molecule has 2 aliphatic rings. The molecule has 2 fully saturated rings.